The molecule has 0 amide bonds. The highest BCUT2D eigenvalue weighted by atomic mass is 16.6. The third kappa shape index (κ3) is 1.27. The van der Waals surface area contributed by atoms with Gasteiger partial charge in [-0.25, -0.2) is 0 Å². The summed E-state index contributed by atoms with van der Waals surface area (Å²) < 4.78 is 11.0. The molecule has 1 heterocycles. The maximum atomic E-state index is 5.53. The van der Waals surface area contributed by atoms with E-state index in [-0.39, 0.29) is 6.10 Å². The lowest BCUT2D eigenvalue weighted by Crippen LogP contribution is -2.28. The van der Waals surface area contributed by atoms with Gasteiger partial charge in [-0.05, 0) is 18.5 Å². The fourth-order valence-electron chi connectivity index (χ4n) is 1.18. The van der Waals surface area contributed by atoms with Crippen molar-refractivity contribution < 1.29 is 9.47 Å². The number of benzene rings is 1. The van der Waals surface area contributed by atoms with E-state index in [0.717, 1.165) is 11.5 Å². The summed E-state index contributed by atoms with van der Waals surface area (Å²) in [6.45, 7) is 0.549. The molecule has 1 unspecified atom stereocenters. The Bertz CT molecular complexity index is 275. The first kappa shape index (κ1) is 7.53. The highest BCUT2D eigenvalue weighted by Crippen LogP contribution is 2.31. The average Bonchev–Trinajstić information content (AvgIpc) is 2.17. The van der Waals surface area contributed by atoms with Crippen LogP contribution in [0.25, 0.3) is 0 Å². The predicted molar refractivity (Wildman–Crippen MR) is 46.9 cm³/mol. The first-order valence-electron chi connectivity index (χ1n) is 3.98. The third-order valence-electron chi connectivity index (χ3n) is 1.83. The highest BCUT2D eigenvalue weighted by molar-refractivity contribution is 6.08. The summed E-state index contributed by atoms with van der Waals surface area (Å²) in [6.07, 6.45) is 0.494. The van der Waals surface area contributed by atoms with Crippen LogP contribution in [-0.4, -0.2) is 20.6 Å². The van der Waals surface area contributed by atoms with Crippen molar-refractivity contribution in [3.05, 3.63) is 24.3 Å². The maximum absolute atomic E-state index is 5.53. The molecule has 3 heteroatoms. The first-order valence-corrected chi connectivity index (χ1v) is 3.98. The van der Waals surface area contributed by atoms with Gasteiger partial charge in [-0.3, -0.25) is 0 Å². The zero-order valence-electron chi connectivity index (χ0n) is 6.69. The van der Waals surface area contributed by atoms with E-state index in [1.165, 1.54) is 0 Å². The second-order valence-corrected chi connectivity index (χ2v) is 2.73. The molecule has 1 aliphatic heterocycles. The summed E-state index contributed by atoms with van der Waals surface area (Å²) in [4.78, 5) is 0. The number of hydrogen-bond donors (Lipinski definition) is 0. The Morgan fingerprint density at radius 1 is 1.33 bits per heavy atom. The second kappa shape index (κ2) is 3.09. The minimum atomic E-state index is -0.0000926. The average molecular weight is 160 g/mol. The van der Waals surface area contributed by atoms with E-state index in [1.807, 2.05) is 24.3 Å². The number of para-hydroxylation sites is 2. The van der Waals surface area contributed by atoms with Crippen molar-refractivity contribution in [3.63, 3.8) is 0 Å². The van der Waals surface area contributed by atoms with Gasteiger partial charge in [0, 0.05) is 0 Å². The summed E-state index contributed by atoms with van der Waals surface area (Å²) in [5.41, 5.74) is 0. The second-order valence-electron chi connectivity index (χ2n) is 2.73. The van der Waals surface area contributed by atoms with E-state index in [9.17, 15) is 0 Å². The molecular formula is C9H9BO2. The molecule has 2 nitrogen and oxygen atoms in total. The topological polar surface area (TPSA) is 18.5 Å². The molecule has 1 atom stereocenters. The van der Waals surface area contributed by atoms with Gasteiger partial charge in [-0.15, -0.1) is 0 Å². The Hall–Kier alpha value is -1.12. The van der Waals surface area contributed by atoms with Gasteiger partial charge in [0.05, 0.1) is 7.85 Å². The maximum Gasteiger partial charge on any atom is 0.161 e. The lowest BCUT2D eigenvalue weighted by molar-refractivity contribution is 0.104. The molecular weight excluding hydrogens is 151 g/mol. The van der Waals surface area contributed by atoms with Crippen molar-refractivity contribution in [2.24, 2.45) is 0 Å². The van der Waals surface area contributed by atoms with Gasteiger partial charge in [0.1, 0.15) is 12.7 Å². The fourth-order valence-corrected chi connectivity index (χ4v) is 1.18. The number of ether oxygens (including phenoxy) is 2. The Morgan fingerprint density at radius 2 is 2.08 bits per heavy atom. The molecule has 0 saturated heterocycles. The smallest absolute Gasteiger partial charge is 0.161 e. The van der Waals surface area contributed by atoms with Gasteiger partial charge < -0.3 is 9.47 Å². The van der Waals surface area contributed by atoms with E-state index >= 15 is 0 Å². The molecule has 2 rings (SSSR count). The molecule has 0 N–H and O–H groups in total. The van der Waals surface area contributed by atoms with Gasteiger partial charge in [0.2, 0.25) is 0 Å². The van der Waals surface area contributed by atoms with Crippen molar-refractivity contribution >= 4 is 7.85 Å². The summed E-state index contributed by atoms with van der Waals surface area (Å²) in [6, 6.07) is 7.62. The molecule has 0 fully saturated rings. The zero-order chi connectivity index (χ0) is 8.39. The van der Waals surface area contributed by atoms with Crippen molar-refractivity contribution in [1.82, 2.24) is 0 Å². The van der Waals surface area contributed by atoms with Crippen LogP contribution in [0.2, 0.25) is 6.32 Å². The monoisotopic (exact) mass is 160 g/mol. The lowest BCUT2D eigenvalue weighted by atomic mass is 9.99. The molecule has 0 aromatic heterocycles. The summed E-state index contributed by atoms with van der Waals surface area (Å²) in [7, 11) is 5.46. The SMILES string of the molecule is [B]CC1COc2ccccc2O1. The Kier molecular flexibility index (Phi) is 1.94. The number of fused-ring (bicyclic) bond motifs is 1. The van der Waals surface area contributed by atoms with Crippen LogP contribution in [0.5, 0.6) is 11.5 Å². The Morgan fingerprint density at radius 3 is 2.83 bits per heavy atom. The molecule has 0 bridgehead atoms. The lowest BCUT2D eigenvalue weighted by Gasteiger charge is -2.25. The largest absolute Gasteiger partial charge is 0.486 e. The standard InChI is InChI=1S/C9H9BO2/c10-5-7-6-11-8-3-1-2-4-9(8)12-7/h1-4,7H,5-6H2. The zero-order valence-corrected chi connectivity index (χ0v) is 6.69. The van der Waals surface area contributed by atoms with Gasteiger partial charge >= 0.3 is 0 Å². The Balaban J connectivity index is 2.23. The predicted octanol–water partition coefficient (Wildman–Crippen LogP) is 1.41. The van der Waals surface area contributed by atoms with Crippen molar-refractivity contribution in [2.45, 2.75) is 12.4 Å². The van der Waals surface area contributed by atoms with E-state index in [2.05, 4.69) is 0 Å². The van der Waals surface area contributed by atoms with Gasteiger partial charge in [0.25, 0.3) is 0 Å². The minimum absolute atomic E-state index is 0.0000926. The normalized spacial score (nSPS) is 20.5. The van der Waals surface area contributed by atoms with Crippen LogP contribution >= 0.6 is 0 Å². The molecule has 60 valence electrons. The fraction of sp³-hybridized carbons (Fsp3) is 0.333. The van der Waals surface area contributed by atoms with Crippen LogP contribution < -0.4 is 9.47 Å². The van der Waals surface area contributed by atoms with E-state index < -0.39 is 0 Å². The quantitative estimate of drug-likeness (QED) is 0.578. The van der Waals surface area contributed by atoms with Crippen LogP contribution in [0.15, 0.2) is 24.3 Å². The molecule has 0 spiro atoms. The van der Waals surface area contributed by atoms with Crippen molar-refractivity contribution in [1.29, 1.82) is 0 Å². The molecule has 1 aromatic carbocycles. The number of hydrogen-bond acceptors (Lipinski definition) is 2. The molecule has 2 radical (unpaired) electrons. The van der Waals surface area contributed by atoms with Crippen molar-refractivity contribution in [2.75, 3.05) is 6.61 Å². The highest BCUT2D eigenvalue weighted by Gasteiger charge is 2.17. The van der Waals surface area contributed by atoms with Crippen LogP contribution in [0.1, 0.15) is 0 Å². The van der Waals surface area contributed by atoms with Gasteiger partial charge in [-0.2, -0.15) is 0 Å². The van der Waals surface area contributed by atoms with E-state index in [4.69, 9.17) is 17.3 Å². The summed E-state index contributed by atoms with van der Waals surface area (Å²) >= 11 is 0. The summed E-state index contributed by atoms with van der Waals surface area (Å²) in [5, 5.41) is 0. The van der Waals surface area contributed by atoms with Gasteiger partial charge in [0.15, 0.2) is 11.5 Å². The van der Waals surface area contributed by atoms with Gasteiger partial charge in [-0.1, -0.05) is 12.1 Å². The van der Waals surface area contributed by atoms with Crippen LogP contribution in [0.3, 0.4) is 0 Å². The van der Waals surface area contributed by atoms with E-state index in [0.29, 0.717) is 12.9 Å². The molecule has 0 saturated carbocycles. The van der Waals surface area contributed by atoms with Crippen molar-refractivity contribution in [3.8, 4) is 11.5 Å². The minimum Gasteiger partial charge on any atom is -0.486 e. The van der Waals surface area contributed by atoms with Crippen LogP contribution in [0, 0.1) is 0 Å². The molecule has 1 aromatic rings. The number of rotatable bonds is 1. The molecule has 1 aliphatic rings. The first-order chi connectivity index (χ1) is 5.90. The summed E-state index contributed by atoms with van der Waals surface area (Å²) in [5.74, 6) is 1.60. The van der Waals surface area contributed by atoms with E-state index in [1.54, 1.807) is 0 Å². The molecule has 0 aliphatic carbocycles. The third-order valence-corrected chi connectivity index (χ3v) is 1.83. The molecule has 12 heavy (non-hydrogen) atoms. The van der Waals surface area contributed by atoms with Crippen LogP contribution in [-0.2, 0) is 0 Å². The Labute approximate surface area is 72.9 Å². The van der Waals surface area contributed by atoms with Crippen LogP contribution in [0.4, 0.5) is 0 Å².